The second-order valence-electron chi connectivity index (χ2n) is 9.95. The van der Waals surface area contributed by atoms with Gasteiger partial charge < -0.3 is 9.13 Å². The molecule has 0 atom stereocenters. The van der Waals surface area contributed by atoms with Crippen LogP contribution in [-0.2, 0) is 27.2 Å². The number of rotatable bonds is 6. The minimum Gasteiger partial charge on any atom is -0.335 e. The molecule has 35 heavy (non-hydrogen) atoms. The standard InChI is InChI=1S/C31H34N4/c1-22-30-26(16-20-32(22)3)24-12-6-8-14-28(24)34(30)18-10-5-11-19-35-29-15-9-7-13-25(29)27-17-21-33(4)23(2)31(27)35/h6-9,12-17,20-21H,5,10-11,18-19H2,1-4H3/q+2. The summed E-state index contributed by atoms with van der Waals surface area (Å²) in [6.45, 7) is 6.58. The fraction of sp³-hybridized carbons (Fsp3) is 0.290. The van der Waals surface area contributed by atoms with E-state index in [2.05, 4.69) is 119 Å². The van der Waals surface area contributed by atoms with E-state index in [-0.39, 0.29) is 0 Å². The van der Waals surface area contributed by atoms with Gasteiger partial charge >= 0.3 is 0 Å². The molecule has 0 fully saturated rings. The molecule has 0 spiro atoms. The fourth-order valence-corrected chi connectivity index (χ4v) is 5.89. The molecule has 0 aliphatic heterocycles. The molecule has 0 unspecified atom stereocenters. The number of benzene rings is 2. The van der Waals surface area contributed by atoms with Crippen LogP contribution in [0.15, 0.2) is 73.1 Å². The summed E-state index contributed by atoms with van der Waals surface area (Å²) in [5.41, 5.74) is 8.10. The molecule has 0 aliphatic carbocycles. The van der Waals surface area contributed by atoms with Crippen LogP contribution in [0.5, 0.6) is 0 Å². The highest BCUT2D eigenvalue weighted by atomic mass is 15.0. The highest BCUT2D eigenvalue weighted by Gasteiger charge is 2.18. The third kappa shape index (κ3) is 3.43. The maximum absolute atomic E-state index is 2.55. The number of unbranched alkanes of at least 4 members (excludes halogenated alkanes) is 2. The van der Waals surface area contributed by atoms with Crippen LogP contribution >= 0.6 is 0 Å². The van der Waals surface area contributed by atoms with Gasteiger partial charge in [-0.3, -0.25) is 0 Å². The number of fused-ring (bicyclic) bond motifs is 6. The normalized spacial score (nSPS) is 12.0. The van der Waals surface area contributed by atoms with E-state index in [0.29, 0.717) is 0 Å². The lowest BCUT2D eigenvalue weighted by molar-refractivity contribution is -0.676. The van der Waals surface area contributed by atoms with E-state index >= 15 is 0 Å². The molecule has 0 amide bonds. The van der Waals surface area contributed by atoms with Crippen LogP contribution in [0.4, 0.5) is 0 Å². The van der Waals surface area contributed by atoms with E-state index < -0.39 is 0 Å². The van der Waals surface area contributed by atoms with Crippen molar-refractivity contribution >= 4 is 43.6 Å². The SMILES string of the molecule is Cc1c2c(cc[n+]1C)c1ccccc1n2CCCCCn1c2ccccc2c2cc[n+](C)c(C)c21. The summed E-state index contributed by atoms with van der Waals surface area (Å²) in [4.78, 5) is 0. The third-order valence-corrected chi connectivity index (χ3v) is 7.96. The highest BCUT2D eigenvalue weighted by Crippen LogP contribution is 2.31. The summed E-state index contributed by atoms with van der Waals surface area (Å²) in [5, 5.41) is 5.45. The van der Waals surface area contributed by atoms with E-state index in [1.165, 1.54) is 74.3 Å². The number of nitrogens with zero attached hydrogens (tertiary/aromatic N) is 4. The molecule has 0 radical (unpaired) electrons. The zero-order valence-electron chi connectivity index (χ0n) is 21.3. The van der Waals surface area contributed by atoms with E-state index in [9.17, 15) is 0 Å². The van der Waals surface area contributed by atoms with Gasteiger partial charge in [0.2, 0.25) is 11.4 Å². The fourth-order valence-electron chi connectivity index (χ4n) is 5.89. The van der Waals surface area contributed by atoms with Crippen molar-refractivity contribution in [2.24, 2.45) is 14.1 Å². The van der Waals surface area contributed by atoms with Gasteiger partial charge in [-0.2, -0.15) is 0 Å². The minimum atomic E-state index is 1.05. The van der Waals surface area contributed by atoms with E-state index in [0.717, 1.165) is 13.1 Å². The second-order valence-corrected chi connectivity index (χ2v) is 9.95. The Hall–Kier alpha value is -3.66. The van der Waals surface area contributed by atoms with Crippen LogP contribution in [0.3, 0.4) is 0 Å². The van der Waals surface area contributed by atoms with Crippen LogP contribution in [-0.4, -0.2) is 9.13 Å². The molecule has 6 aromatic rings. The Bertz CT molecular complexity index is 1590. The van der Waals surface area contributed by atoms with E-state index in [4.69, 9.17) is 0 Å². The van der Waals surface area contributed by atoms with Gasteiger partial charge in [0.15, 0.2) is 12.4 Å². The average Bonchev–Trinajstić information content (AvgIpc) is 3.37. The quantitative estimate of drug-likeness (QED) is 0.212. The van der Waals surface area contributed by atoms with Crippen LogP contribution in [0.2, 0.25) is 0 Å². The highest BCUT2D eigenvalue weighted by molar-refractivity contribution is 6.09. The van der Waals surface area contributed by atoms with Gasteiger partial charge in [-0.25, -0.2) is 9.13 Å². The lowest BCUT2D eigenvalue weighted by Gasteiger charge is -2.10. The topological polar surface area (TPSA) is 17.6 Å². The van der Waals surface area contributed by atoms with Gasteiger partial charge in [-0.05, 0) is 31.4 Å². The van der Waals surface area contributed by atoms with Gasteiger partial charge in [0.05, 0.1) is 0 Å². The molecule has 4 heteroatoms. The summed E-state index contributed by atoms with van der Waals surface area (Å²) in [7, 11) is 4.29. The van der Waals surface area contributed by atoms with Crippen molar-refractivity contribution in [3.63, 3.8) is 0 Å². The molecule has 0 saturated heterocycles. The number of aryl methyl sites for hydroxylation is 6. The Morgan fingerprint density at radius 3 is 1.43 bits per heavy atom. The summed E-state index contributed by atoms with van der Waals surface area (Å²) in [5.74, 6) is 0. The van der Waals surface area contributed by atoms with Crippen LogP contribution < -0.4 is 9.13 Å². The summed E-state index contributed by atoms with van der Waals surface area (Å²) in [6.07, 6.45) is 7.92. The molecule has 176 valence electrons. The number of aromatic nitrogens is 4. The molecule has 4 heterocycles. The molecule has 0 aliphatic rings. The van der Waals surface area contributed by atoms with Gasteiger partial charge in [0, 0.05) is 71.6 Å². The van der Waals surface area contributed by atoms with Crippen molar-refractivity contribution in [1.29, 1.82) is 0 Å². The molecular weight excluding hydrogens is 428 g/mol. The smallest absolute Gasteiger partial charge is 0.202 e. The van der Waals surface area contributed by atoms with Crippen molar-refractivity contribution in [2.45, 2.75) is 46.2 Å². The molecular formula is C31H34N4+2. The van der Waals surface area contributed by atoms with Gasteiger partial charge in [-0.1, -0.05) is 36.4 Å². The lowest BCUT2D eigenvalue weighted by atomic mass is 10.2. The average molecular weight is 463 g/mol. The van der Waals surface area contributed by atoms with E-state index in [1.54, 1.807) is 0 Å². The molecule has 0 bridgehead atoms. The Morgan fingerprint density at radius 2 is 0.971 bits per heavy atom. The van der Waals surface area contributed by atoms with Crippen molar-refractivity contribution in [3.05, 3.63) is 84.4 Å². The number of hydrogen-bond acceptors (Lipinski definition) is 0. The largest absolute Gasteiger partial charge is 0.335 e. The predicted octanol–water partition coefficient (Wildman–Crippen LogP) is 6.04. The Morgan fingerprint density at radius 1 is 0.543 bits per heavy atom. The minimum absolute atomic E-state index is 1.05. The molecule has 0 saturated carbocycles. The first-order valence-electron chi connectivity index (χ1n) is 12.8. The van der Waals surface area contributed by atoms with Crippen molar-refractivity contribution in [3.8, 4) is 0 Å². The number of pyridine rings is 2. The zero-order chi connectivity index (χ0) is 24.1. The van der Waals surface area contributed by atoms with Crippen LogP contribution in [0.25, 0.3) is 43.6 Å². The van der Waals surface area contributed by atoms with Crippen LogP contribution in [0, 0.1) is 13.8 Å². The maximum Gasteiger partial charge on any atom is 0.202 e. The summed E-state index contributed by atoms with van der Waals surface area (Å²) in [6, 6.07) is 22.2. The Labute approximate surface area is 206 Å². The molecule has 2 aromatic carbocycles. The Kier molecular flexibility index (Phi) is 5.32. The predicted molar refractivity (Wildman–Crippen MR) is 145 cm³/mol. The monoisotopic (exact) mass is 462 g/mol. The number of para-hydroxylation sites is 2. The van der Waals surface area contributed by atoms with Gasteiger partial charge in [-0.15, -0.1) is 0 Å². The van der Waals surface area contributed by atoms with Crippen molar-refractivity contribution in [1.82, 2.24) is 9.13 Å². The van der Waals surface area contributed by atoms with Crippen molar-refractivity contribution < 1.29 is 9.13 Å². The molecule has 4 nitrogen and oxygen atoms in total. The summed E-state index contributed by atoms with van der Waals surface area (Å²) < 4.78 is 9.57. The first-order chi connectivity index (χ1) is 17.1. The van der Waals surface area contributed by atoms with Crippen molar-refractivity contribution in [2.75, 3.05) is 0 Å². The van der Waals surface area contributed by atoms with E-state index in [1.807, 2.05) is 0 Å². The zero-order valence-corrected chi connectivity index (χ0v) is 21.3. The molecule has 6 rings (SSSR count). The maximum atomic E-state index is 2.55. The summed E-state index contributed by atoms with van der Waals surface area (Å²) >= 11 is 0. The first kappa shape index (κ1) is 21.8. The van der Waals surface area contributed by atoms with Gasteiger partial charge in [0.25, 0.3) is 0 Å². The first-order valence-corrected chi connectivity index (χ1v) is 12.8. The lowest BCUT2D eigenvalue weighted by Crippen LogP contribution is -2.31. The van der Waals surface area contributed by atoms with Gasteiger partial charge in [0.1, 0.15) is 25.1 Å². The third-order valence-electron chi connectivity index (χ3n) is 7.96. The molecule has 4 aromatic heterocycles. The number of hydrogen-bond donors (Lipinski definition) is 0. The Balaban J connectivity index is 1.26. The van der Waals surface area contributed by atoms with Crippen LogP contribution in [0.1, 0.15) is 30.7 Å². The second kappa shape index (κ2) is 8.53. The molecule has 0 N–H and O–H groups in total.